The van der Waals surface area contributed by atoms with Gasteiger partial charge in [-0.1, -0.05) is 28.6 Å². The molecule has 3 atom stereocenters. The van der Waals surface area contributed by atoms with Crippen molar-refractivity contribution in [2.45, 2.75) is 75.6 Å². The molecule has 43 heavy (non-hydrogen) atoms. The molecule has 3 aliphatic rings. The number of anilines is 1. The molecule has 9 nitrogen and oxygen atoms in total. The number of piperidine rings is 1. The average Bonchev–Trinajstić information content (AvgIpc) is 3.44. The highest BCUT2D eigenvalue weighted by molar-refractivity contribution is 7.60. The highest BCUT2D eigenvalue weighted by Crippen LogP contribution is 2.47. The number of rotatable bonds is 8. The lowest BCUT2D eigenvalue weighted by atomic mass is 10.00. The molecule has 0 spiro atoms. The number of thiazole rings is 1. The second-order valence-corrected chi connectivity index (χ2v) is 13.8. The molecule has 4 heterocycles. The van der Waals surface area contributed by atoms with Gasteiger partial charge >= 0.3 is 14.0 Å². The van der Waals surface area contributed by atoms with Gasteiger partial charge < -0.3 is 28.7 Å². The van der Waals surface area contributed by atoms with Gasteiger partial charge in [0.05, 0.1) is 22.7 Å². The highest BCUT2D eigenvalue weighted by Gasteiger charge is 2.43. The van der Waals surface area contributed by atoms with Crippen LogP contribution in [0.5, 0.6) is 5.75 Å². The van der Waals surface area contributed by atoms with Crippen LogP contribution in [0.25, 0.3) is 21.5 Å². The number of ether oxygens (including phenoxy) is 2. The Labute approximate surface area is 246 Å². The van der Waals surface area contributed by atoms with E-state index in [1.165, 1.54) is 35.6 Å². The Morgan fingerprint density at radius 2 is 1.81 bits per heavy atom. The fourth-order valence-electron chi connectivity index (χ4n) is 6.23. The molecule has 0 amide bonds. The number of benzene rings is 2. The smallest absolute Gasteiger partial charge is 0.405 e. The van der Waals surface area contributed by atoms with Crippen LogP contribution in [0.4, 0.5) is 22.7 Å². The SMILES string of the molecule is O=P(O)(O)c1cc(F)c2nc(N3[C@@H]4CC[C@H]3CC(OCc3c(-c5ccccc5OC(F)(F)F)noc3C3CC3)C4)sc2c1. The molecule has 2 N–H and O–H groups in total. The van der Waals surface area contributed by atoms with E-state index in [-0.39, 0.29) is 58.5 Å². The zero-order valence-corrected chi connectivity index (χ0v) is 24.2. The van der Waals surface area contributed by atoms with Crippen LogP contribution in [0.15, 0.2) is 40.9 Å². The second-order valence-electron chi connectivity index (χ2n) is 11.2. The largest absolute Gasteiger partial charge is 0.573 e. The Hall–Kier alpha value is -3.03. The number of hydrogen-bond donors (Lipinski definition) is 2. The lowest BCUT2D eigenvalue weighted by Gasteiger charge is -2.38. The van der Waals surface area contributed by atoms with E-state index < -0.39 is 19.8 Å². The summed E-state index contributed by atoms with van der Waals surface area (Å²) in [7, 11) is -4.62. The summed E-state index contributed by atoms with van der Waals surface area (Å²) >= 11 is 1.20. The number of para-hydroxylation sites is 1. The van der Waals surface area contributed by atoms with Gasteiger partial charge in [0.1, 0.15) is 22.7 Å². The van der Waals surface area contributed by atoms with E-state index in [9.17, 15) is 31.9 Å². The molecule has 2 bridgehead atoms. The van der Waals surface area contributed by atoms with Crippen LogP contribution < -0.4 is 14.9 Å². The Balaban J connectivity index is 1.10. The van der Waals surface area contributed by atoms with Gasteiger partial charge in [0.2, 0.25) is 0 Å². The van der Waals surface area contributed by atoms with Gasteiger partial charge in [0.15, 0.2) is 10.9 Å². The highest BCUT2D eigenvalue weighted by atomic mass is 32.1. The van der Waals surface area contributed by atoms with Crippen LogP contribution in [0.1, 0.15) is 55.8 Å². The third-order valence-electron chi connectivity index (χ3n) is 8.27. The van der Waals surface area contributed by atoms with Gasteiger partial charge in [-0.05, 0) is 62.8 Å². The minimum absolute atomic E-state index is 0.0689. The number of halogens is 4. The summed E-state index contributed by atoms with van der Waals surface area (Å²) in [6, 6.07) is 8.10. The predicted molar refractivity (Wildman–Crippen MR) is 149 cm³/mol. The summed E-state index contributed by atoms with van der Waals surface area (Å²) < 4.78 is 82.4. The molecule has 3 fully saturated rings. The molecule has 228 valence electrons. The molecular weight excluding hydrogens is 613 g/mol. The Morgan fingerprint density at radius 3 is 2.49 bits per heavy atom. The van der Waals surface area contributed by atoms with E-state index in [1.54, 1.807) is 6.07 Å². The van der Waals surface area contributed by atoms with Crippen molar-refractivity contribution in [1.82, 2.24) is 10.1 Å². The minimum Gasteiger partial charge on any atom is -0.405 e. The van der Waals surface area contributed by atoms with Crippen LogP contribution in [0.2, 0.25) is 0 Å². The molecule has 2 saturated heterocycles. The maximum atomic E-state index is 14.7. The number of alkyl halides is 3. The van der Waals surface area contributed by atoms with Crippen molar-refractivity contribution in [1.29, 1.82) is 0 Å². The van der Waals surface area contributed by atoms with E-state index in [1.807, 2.05) is 0 Å². The molecular formula is C28H26F4N3O6PS. The van der Waals surface area contributed by atoms with Gasteiger partial charge in [-0.3, -0.25) is 4.57 Å². The maximum Gasteiger partial charge on any atom is 0.573 e. The van der Waals surface area contributed by atoms with Gasteiger partial charge in [0, 0.05) is 29.1 Å². The summed E-state index contributed by atoms with van der Waals surface area (Å²) in [5.41, 5.74) is 1.15. The van der Waals surface area contributed by atoms with Gasteiger partial charge in [-0.2, -0.15) is 0 Å². The van der Waals surface area contributed by atoms with Crippen LogP contribution >= 0.6 is 18.9 Å². The number of nitrogens with zero attached hydrogens (tertiary/aromatic N) is 3. The molecule has 2 aromatic heterocycles. The minimum atomic E-state index is -4.86. The second kappa shape index (κ2) is 10.6. The molecule has 1 aliphatic carbocycles. The number of fused-ring (bicyclic) bond motifs is 3. The summed E-state index contributed by atoms with van der Waals surface area (Å²) in [6.45, 7) is 0.118. The first-order valence-corrected chi connectivity index (χ1v) is 16.3. The third-order valence-corrected chi connectivity index (χ3v) is 10.2. The zero-order valence-electron chi connectivity index (χ0n) is 22.5. The monoisotopic (exact) mass is 639 g/mol. The van der Waals surface area contributed by atoms with E-state index in [0.717, 1.165) is 31.7 Å². The van der Waals surface area contributed by atoms with E-state index in [2.05, 4.69) is 19.8 Å². The summed E-state index contributed by atoms with van der Waals surface area (Å²) in [5, 5.41) is 4.37. The summed E-state index contributed by atoms with van der Waals surface area (Å²) in [6.07, 6.45) is -0.106. The first-order chi connectivity index (χ1) is 20.4. The average molecular weight is 640 g/mol. The molecule has 0 radical (unpaired) electrons. The Bertz CT molecular complexity index is 1720. The van der Waals surface area contributed by atoms with Crippen LogP contribution in [0.3, 0.4) is 0 Å². The van der Waals surface area contributed by atoms with Crippen molar-refractivity contribution in [3.8, 4) is 17.0 Å². The van der Waals surface area contributed by atoms with Gasteiger partial charge in [0.25, 0.3) is 0 Å². The van der Waals surface area contributed by atoms with E-state index in [4.69, 9.17) is 9.26 Å². The van der Waals surface area contributed by atoms with Gasteiger partial charge in [-0.15, -0.1) is 13.2 Å². The maximum absolute atomic E-state index is 14.7. The molecule has 1 saturated carbocycles. The number of hydrogen-bond acceptors (Lipinski definition) is 8. The summed E-state index contributed by atoms with van der Waals surface area (Å²) in [5.74, 6) is -0.358. The lowest BCUT2D eigenvalue weighted by Crippen LogP contribution is -2.45. The van der Waals surface area contributed by atoms with Crippen LogP contribution in [-0.2, 0) is 15.9 Å². The van der Waals surface area contributed by atoms with Gasteiger partial charge in [-0.25, -0.2) is 9.37 Å². The third kappa shape index (κ3) is 5.66. The van der Waals surface area contributed by atoms with Crippen molar-refractivity contribution < 1.29 is 45.9 Å². The van der Waals surface area contributed by atoms with Crippen molar-refractivity contribution in [2.75, 3.05) is 4.90 Å². The molecule has 2 aliphatic heterocycles. The number of aromatic nitrogens is 2. The molecule has 1 unspecified atom stereocenters. The first-order valence-electron chi connectivity index (χ1n) is 13.8. The quantitative estimate of drug-likeness (QED) is 0.167. The molecule has 15 heteroatoms. The Morgan fingerprint density at radius 1 is 1.09 bits per heavy atom. The standard InChI is InChI=1S/C28H26F4N3O6PS/c29-21-11-18(42(36,37)38)12-23-25(21)33-27(43-23)35-15-7-8-16(35)10-17(9-15)39-13-20-24(34-41-26(20)14-5-6-14)19-3-1-2-4-22(19)40-28(30,31)32/h1-4,11-12,14-17H,5-10,13H2,(H2,36,37,38)/t15-,16+,17?. The first kappa shape index (κ1) is 28.7. The van der Waals surface area contributed by atoms with Crippen molar-refractivity contribution in [2.24, 2.45) is 0 Å². The van der Waals surface area contributed by atoms with Crippen LogP contribution in [0, 0.1) is 5.82 Å². The fraction of sp³-hybridized carbons (Fsp3) is 0.429. The van der Waals surface area contributed by atoms with Crippen molar-refractivity contribution >= 4 is 39.6 Å². The van der Waals surface area contributed by atoms with Crippen molar-refractivity contribution in [3.05, 3.63) is 53.5 Å². The zero-order chi connectivity index (χ0) is 30.1. The van der Waals surface area contributed by atoms with E-state index >= 15 is 0 Å². The fourth-order valence-corrected chi connectivity index (χ4v) is 8.06. The molecule has 2 aromatic carbocycles. The lowest BCUT2D eigenvalue weighted by molar-refractivity contribution is -0.274. The Kier molecular flexibility index (Phi) is 7.05. The van der Waals surface area contributed by atoms with Crippen molar-refractivity contribution in [3.63, 3.8) is 0 Å². The molecule has 7 rings (SSSR count). The predicted octanol–water partition coefficient (Wildman–Crippen LogP) is 6.39. The molecule has 4 aromatic rings. The normalized spacial score (nSPS) is 22.5. The topological polar surface area (TPSA) is 118 Å². The van der Waals surface area contributed by atoms with E-state index in [0.29, 0.717) is 34.0 Å². The summed E-state index contributed by atoms with van der Waals surface area (Å²) in [4.78, 5) is 25.7. The van der Waals surface area contributed by atoms with Crippen LogP contribution in [-0.4, -0.2) is 44.5 Å².